The predicted octanol–water partition coefficient (Wildman–Crippen LogP) is 3.91. The molecule has 41 heavy (non-hydrogen) atoms. The zero-order valence-corrected chi connectivity index (χ0v) is 23.7. The zero-order valence-electron chi connectivity index (χ0n) is 23.7. The molecule has 3 rings (SSSR count). The summed E-state index contributed by atoms with van der Waals surface area (Å²) in [6.45, 7) is 5.44. The molecule has 2 aromatic heterocycles. The molecule has 1 fully saturated rings. The van der Waals surface area contributed by atoms with Gasteiger partial charge in [0.1, 0.15) is 24.3 Å². The molecule has 0 spiro atoms. The van der Waals surface area contributed by atoms with Crippen molar-refractivity contribution in [2.24, 2.45) is 11.8 Å². The maximum atomic E-state index is 15.1. The minimum Gasteiger partial charge on any atom is -0.339 e. The van der Waals surface area contributed by atoms with E-state index >= 15 is 4.39 Å². The molecule has 2 heterocycles. The standard InChI is InChI=1S/C27H36F4N6O4/c1-15(2)37-21(10-11-32-37)24(39)34-23(18-8-6-16(3)7-9-18)25(40)33-20-12-22(38)36(13-19(20)28)17(4)26(41)35(5)14-27(29,30)31/h10-13,15-18,23H,6-9,14H2,1-5H3,(H,33,40)(H,34,39)/t16?,17-,18?,23+/m1/s1. The van der Waals surface area contributed by atoms with Crippen molar-refractivity contribution < 1.29 is 31.9 Å². The number of pyridine rings is 1. The second kappa shape index (κ2) is 12.9. The van der Waals surface area contributed by atoms with E-state index in [2.05, 4.69) is 22.7 Å². The van der Waals surface area contributed by atoms with Gasteiger partial charge in [-0.25, -0.2) is 4.39 Å². The fraction of sp³-hybridized carbons (Fsp3) is 0.593. The number of carbonyl (C=O) groups is 3. The van der Waals surface area contributed by atoms with Gasteiger partial charge in [0.2, 0.25) is 11.8 Å². The number of amides is 3. The normalized spacial score (nSPS) is 19.0. The summed E-state index contributed by atoms with van der Waals surface area (Å²) in [5.41, 5.74) is -1.13. The van der Waals surface area contributed by atoms with Crippen LogP contribution in [0.1, 0.15) is 76.0 Å². The Bertz CT molecular complexity index is 1310. The summed E-state index contributed by atoms with van der Waals surface area (Å²) in [5.74, 6) is -3.15. The highest BCUT2D eigenvalue weighted by molar-refractivity contribution is 6.00. The van der Waals surface area contributed by atoms with Gasteiger partial charge in [0.25, 0.3) is 11.5 Å². The summed E-state index contributed by atoms with van der Waals surface area (Å²) in [4.78, 5) is 52.2. The van der Waals surface area contributed by atoms with Gasteiger partial charge in [-0.3, -0.25) is 23.9 Å². The molecule has 10 nitrogen and oxygen atoms in total. The smallest absolute Gasteiger partial charge is 0.339 e. The van der Waals surface area contributed by atoms with Crippen molar-refractivity contribution in [3.8, 4) is 0 Å². The quantitative estimate of drug-likeness (QED) is 0.434. The first-order valence-corrected chi connectivity index (χ1v) is 13.5. The van der Waals surface area contributed by atoms with Crippen molar-refractivity contribution in [3.05, 3.63) is 46.4 Å². The predicted molar refractivity (Wildman–Crippen MR) is 143 cm³/mol. The molecule has 14 heteroatoms. The molecule has 2 N–H and O–H groups in total. The number of halogens is 4. The van der Waals surface area contributed by atoms with Crippen LogP contribution in [0.25, 0.3) is 0 Å². The Morgan fingerprint density at radius 1 is 1.15 bits per heavy atom. The Hall–Kier alpha value is -3.71. The van der Waals surface area contributed by atoms with E-state index in [1.54, 1.807) is 0 Å². The number of aromatic nitrogens is 3. The molecule has 1 aliphatic carbocycles. The van der Waals surface area contributed by atoms with Crippen molar-refractivity contribution in [3.63, 3.8) is 0 Å². The van der Waals surface area contributed by atoms with E-state index in [4.69, 9.17) is 0 Å². The minimum atomic E-state index is -4.65. The largest absolute Gasteiger partial charge is 0.406 e. The molecule has 2 atom stereocenters. The fourth-order valence-corrected chi connectivity index (χ4v) is 5.05. The number of carbonyl (C=O) groups excluding carboxylic acids is 3. The lowest BCUT2D eigenvalue weighted by Gasteiger charge is -2.32. The van der Waals surface area contributed by atoms with Crippen molar-refractivity contribution in [2.75, 3.05) is 18.9 Å². The maximum absolute atomic E-state index is 15.1. The maximum Gasteiger partial charge on any atom is 0.406 e. The van der Waals surface area contributed by atoms with Gasteiger partial charge >= 0.3 is 6.18 Å². The van der Waals surface area contributed by atoms with Crippen molar-refractivity contribution in [1.29, 1.82) is 0 Å². The lowest BCUT2D eigenvalue weighted by atomic mass is 9.79. The summed E-state index contributed by atoms with van der Waals surface area (Å²) < 4.78 is 55.3. The van der Waals surface area contributed by atoms with E-state index in [1.807, 2.05) is 13.8 Å². The molecular weight excluding hydrogens is 548 g/mol. The van der Waals surface area contributed by atoms with Crippen LogP contribution < -0.4 is 16.2 Å². The number of likely N-dealkylation sites (N-methyl/N-ethyl adjacent to an activating group) is 1. The Kier molecular flexibility index (Phi) is 9.98. The number of nitrogens with one attached hydrogen (secondary N) is 2. The van der Waals surface area contributed by atoms with Gasteiger partial charge in [0.15, 0.2) is 5.82 Å². The average Bonchev–Trinajstić information content (AvgIpc) is 3.38. The van der Waals surface area contributed by atoms with E-state index in [0.29, 0.717) is 34.4 Å². The van der Waals surface area contributed by atoms with E-state index in [-0.39, 0.29) is 17.7 Å². The highest BCUT2D eigenvalue weighted by Gasteiger charge is 2.35. The first-order valence-electron chi connectivity index (χ1n) is 13.5. The third-order valence-corrected chi connectivity index (χ3v) is 7.35. The first-order chi connectivity index (χ1) is 19.1. The molecule has 0 saturated heterocycles. The van der Waals surface area contributed by atoms with Crippen LogP contribution in [-0.4, -0.2) is 62.8 Å². The molecule has 0 aromatic carbocycles. The Morgan fingerprint density at radius 3 is 2.37 bits per heavy atom. The molecule has 226 valence electrons. The van der Waals surface area contributed by atoms with Crippen molar-refractivity contribution in [2.45, 2.75) is 77.7 Å². The lowest BCUT2D eigenvalue weighted by molar-refractivity contribution is -0.160. The van der Waals surface area contributed by atoms with Crippen LogP contribution in [-0.2, 0) is 9.59 Å². The number of nitrogens with zero attached hydrogens (tertiary/aromatic N) is 4. The summed E-state index contributed by atoms with van der Waals surface area (Å²) in [5, 5.41) is 9.31. The number of rotatable bonds is 9. The van der Waals surface area contributed by atoms with Crippen LogP contribution in [0, 0.1) is 17.7 Å². The minimum absolute atomic E-state index is 0.114. The molecule has 1 aliphatic rings. The van der Waals surface area contributed by atoms with E-state index in [9.17, 15) is 32.3 Å². The fourth-order valence-electron chi connectivity index (χ4n) is 5.05. The highest BCUT2D eigenvalue weighted by atomic mass is 19.4. The van der Waals surface area contributed by atoms with E-state index < -0.39 is 59.6 Å². The van der Waals surface area contributed by atoms with Gasteiger partial charge in [-0.2, -0.15) is 18.3 Å². The van der Waals surface area contributed by atoms with E-state index in [1.165, 1.54) is 23.9 Å². The highest BCUT2D eigenvalue weighted by Crippen LogP contribution is 2.31. The Labute approximate surface area is 235 Å². The number of hydrogen-bond acceptors (Lipinski definition) is 5. The molecule has 1 saturated carbocycles. The number of hydrogen-bond donors (Lipinski definition) is 2. The van der Waals surface area contributed by atoms with Crippen LogP contribution in [0.15, 0.2) is 29.3 Å². The Balaban J connectivity index is 1.83. The average molecular weight is 585 g/mol. The monoisotopic (exact) mass is 584 g/mol. The molecule has 0 radical (unpaired) electrons. The third kappa shape index (κ3) is 7.94. The van der Waals surface area contributed by atoms with Crippen LogP contribution in [0.2, 0.25) is 0 Å². The van der Waals surface area contributed by atoms with Crippen LogP contribution in [0.4, 0.5) is 23.2 Å². The van der Waals surface area contributed by atoms with Gasteiger partial charge < -0.3 is 20.1 Å². The molecule has 0 aliphatic heterocycles. The van der Waals surface area contributed by atoms with Gasteiger partial charge in [-0.15, -0.1) is 0 Å². The van der Waals surface area contributed by atoms with Gasteiger partial charge in [-0.1, -0.05) is 19.8 Å². The second-order valence-corrected chi connectivity index (χ2v) is 11.0. The molecule has 0 bridgehead atoms. The molecular formula is C27H36F4N6O4. The number of alkyl halides is 3. The molecule has 3 amide bonds. The topological polar surface area (TPSA) is 118 Å². The van der Waals surface area contributed by atoms with E-state index in [0.717, 1.165) is 26.0 Å². The number of anilines is 1. The van der Waals surface area contributed by atoms with Gasteiger partial charge in [0.05, 0.1) is 5.69 Å². The molecule has 2 aromatic rings. The van der Waals surface area contributed by atoms with Crippen molar-refractivity contribution in [1.82, 2.24) is 24.6 Å². The van der Waals surface area contributed by atoms with Gasteiger partial charge in [-0.05, 0) is 51.5 Å². The summed E-state index contributed by atoms with van der Waals surface area (Å²) in [7, 11) is 0.927. The summed E-state index contributed by atoms with van der Waals surface area (Å²) >= 11 is 0. The first kappa shape index (κ1) is 31.8. The van der Waals surface area contributed by atoms with Crippen molar-refractivity contribution >= 4 is 23.4 Å². The van der Waals surface area contributed by atoms with Crippen LogP contribution >= 0.6 is 0 Å². The second-order valence-electron chi connectivity index (χ2n) is 11.0. The summed E-state index contributed by atoms with van der Waals surface area (Å²) in [6.07, 6.45) is 0.477. The summed E-state index contributed by atoms with van der Waals surface area (Å²) in [6, 6.07) is -0.297. The SMILES string of the molecule is CC1CCC([C@H](NC(=O)c2ccnn2C(C)C)C(=O)Nc2cc(=O)n([C@H](C)C(=O)N(C)CC(F)(F)F)cc2F)CC1. The lowest BCUT2D eigenvalue weighted by Crippen LogP contribution is -2.50. The zero-order chi connectivity index (χ0) is 30.6. The van der Waals surface area contributed by atoms with Crippen LogP contribution in [0.3, 0.4) is 0 Å². The third-order valence-electron chi connectivity index (χ3n) is 7.35. The van der Waals surface area contributed by atoms with Gasteiger partial charge in [0, 0.05) is 31.5 Å². The Morgan fingerprint density at radius 2 is 1.78 bits per heavy atom. The molecule has 0 unspecified atom stereocenters. The van der Waals surface area contributed by atoms with Crippen LogP contribution in [0.5, 0.6) is 0 Å².